The molecule has 0 spiro atoms. The molecule has 0 atom stereocenters. The van der Waals surface area contributed by atoms with Crippen LogP contribution in [0, 0.1) is 0 Å². The van der Waals surface area contributed by atoms with Gasteiger partial charge in [-0.25, -0.2) is 8.42 Å². The van der Waals surface area contributed by atoms with E-state index in [0.29, 0.717) is 17.2 Å². The molecule has 0 aliphatic heterocycles. The van der Waals surface area contributed by atoms with Crippen molar-refractivity contribution < 1.29 is 12.8 Å². The zero-order chi connectivity index (χ0) is 17.0. The summed E-state index contributed by atoms with van der Waals surface area (Å²) in [7, 11) is -3.60. The maximum atomic E-state index is 13.1. The lowest BCUT2D eigenvalue weighted by Crippen LogP contribution is -2.29. The van der Waals surface area contributed by atoms with Gasteiger partial charge in [0.2, 0.25) is 10.0 Å². The van der Waals surface area contributed by atoms with Crippen molar-refractivity contribution in [1.82, 2.24) is 4.31 Å². The number of aryl methyl sites for hydroxylation is 1. The zero-order valence-electron chi connectivity index (χ0n) is 13.4. The van der Waals surface area contributed by atoms with Gasteiger partial charge < -0.3 is 4.42 Å². The van der Waals surface area contributed by atoms with Gasteiger partial charge in [-0.3, -0.25) is 0 Å². The molecule has 126 valence electrons. The van der Waals surface area contributed by atoms with Crippen LogP contribution in [0.15, 0.2) is 69.5 Å². The fourth-order valence-corrected chi connectivity index (χ4v) is 4.61. The van der Waals surface area contributed by atoms with E-state index in [4.69, 9.17) is 4.42 Å². The molecule has 0 radical (unpaired) electrons. The number of nitrogens with zero attached hydrogens (tertiary/aromatic N) is 1. The lowest BCUT2D eigenvalue weighted by molar-refractivity contribution is 0.360. The molecule has 4 nitrogen and oxygen atoms in total. The first-order chi connectivity index (χ1) is 11.6. The number of hydrogen-bond donors (Lipinski definition) is 0. The maximum absolute atomic E-state index is 13.1. The Morgan fingerprint density at radius 2 is 1.83 bits per heavy atom. The van der Waals surface area contributed by atoms with Crippen LogP contribution in [0.5, 0.6) is 0 Å². The Labute approximate surface area is 146 Å². The normalized spacial score (nSPS) is 11.9. The summed E-state index contributed by atoms with van der Waals surface area (Å²) in [6.07, 6.45) is 2.44. The molecule has 0 saturated heterocycles. The van der Waals surface area contributed by atoms with Gasteiger partial charge >= 0.3 is 0 Å². The highest BCUT2D eigenvalue weighted by molar-refractivity contribution is 7.89. The molecule has 0 aliphatic rings. The Hall–Kier alpha value is -1.89. The summed E-state index contributed by atoms with van der Waals surface area (Å²) in [6.45, 7) is 2.59. The Morgan fingerprint density at radius 3 is 2.42 bits per heavy atom. The van der Waals surface area contributed by atoms with E-state index in [9.17, 15) is 8.42 Å². The van der Waals surface area contributed by atoms with Crippen LogP contribution in [0.4, 0.5) is 0 Å². The minimum atomic E-state index is -3.60. The Balaban J connectivity index is 1.92. The number of sulfonamides is 1. The standard InChI is InChI=1S/C18H19NO3S2/c1-2-15-7-9-18(10-8-15)24(20,21)19(13-16-5-3-11-22-16)14-17-6-4-12-23-17/h3-12H,2,13-14H2,1H3. The first-order valence-electron chi connectivity index (χ1n) is 7.73. The van der Waals surface area contributed by atoms with Gasteiger partial charge in [-0.2, -0.15) is 4.31 Å². The van der Waals surface area contributed by atoms with E-state index in [0.717, 1.165) is 16.9 Å². The lowest BCUT2D eigenvalue weighted by Gasteiger charge is -2.21. The number of thiophene rings is 1. The van der Waals surface area contributed by atoms with Crippen LogP contribution in [0.1, 0.15) is 23.1 Å². The molecular formula is C18H19NO3S2. The molecule has 3 rings (SSSR count). The molecule has 2 heterocycles. The molecule has 0 bridgehead atoms. The van der Waals surface area contributed by atoms with Gasteiger partial charge in [0, 0.05) is 11.4 Å². The Morgan fingerprint density at radius 1 is 1.04 bits per heavy atom. The van der Waals surface area contributed by atoms with Crippen molar-refractivity contribution in [3.05, 3.63) is 76.4 Å². The number of furan rings is 1. The second kappa shape index (κ2) is 7.34. The highest BCUT2D eigenvalue weighted by atomic mass is 32.2. The number of hydrogen-bond acceptors (Lipinski definition) is 4. The quantitative estimate of drug-likeness (QED) is 0.631. The molecule has 0 saturated carbocycles. The van der Waals surface area contributed by atoms with Gasteiger partial charge in [0.25, 0.3) is 0 Å². The van der Waals surface area contributed by atoms with E-state index in [1.165, 1.54) is 4.31 Å². The van der Waals surface area contributed by atoms with Crippen molar-refractivity contribution >= 4 is 21.4 Å². The van der Waals surface area contributed by atoms with Crippen LogP contribution in [-0.4, -0.2) is 12.7 Å². The first kappa shape index (κ1) is 17.0. The van der Waals surface area contributed by atoms with E-state index < -0.39 is 10.0 Å². The summed E-state index contributed by atoms with van der Waals surface area (Å²) in [5.41, 5.74) is 1.12. The zero-order valence-corrected chi connectivity index (χ0v) is 15.0. The fraction of sp³-hybridized carbons (Fsp3) is 0.222. The third kappa shape index (κ3) is 3.77. The largest absolute Gasteiger partial charge is 0.468 e. The van der Waals surface area contributed by atoms with E-state index in [2.05, 4.69) is 0 Å². The summed E-state index contributed by atoms with van der Waals surface area (Å²) in [5.74, 6) is 0.625. The molecule has 0 aliphatic carbocycles. The molecular weight excluding hydrogens is 342 g/mol. The summed E-state index contributed by atoms with van der Waals surface area (Å²) in [5, 5.41) is 1.95. The average molecular weight is 361 g/mol. The van der Waals surface area contributed by atoms with Crippen LogP contribution >= 0.6 is 11.3 Å². The lowest BCUT2D eigenvalue weighted by atomic mass is 10.2. The molecule has 0 unspecified atom stereocenters. The molecule has 0 fully saturated rings. The van der Waals surface area contributed by atoms with E-state index in [1.807, 2.05) is 36.6 Å². The van der Waals surface area contributed by atoms with Crippen LogP contribution in [0.2, 0.25) is 0 Å². The molecule has 3 aromatic rings. The minimum absolute atomic E-state index is 0.211. The SMILES string of the molecule is CCc1ccc(S(=O)(=O)N(Cc2ccco2)Cc2cccs2)cc1. The van der Waals surface area contributed by atoms with Crippen molar-refractivity contribution in [3.63, 3.8) is 0 Å². The van der Waals surface area contributed by atoms with Crippen molar-refractivity contribution in [2.45, 2.75) is 31.3 Å². The summed E-state index contributed by atoms with van der Waals surface area (Å²) >= 11 is 1.54. The van der Waals surface area contributed by atoms with E-state index in [1.54, 1.807) is 41.9 Å². The molecule has 0 amide bonds. The van der Waals surface area contributed by atoms with Gasteiger partial charge in [0.15, 0.2) is 0 Å². The van der Waals surface area contributed by atoms with E-state index >= 15 is 0 Å². The van der Waals surface area contributed by atoms with Crippen molar-refractivity contribution in [2.24, 2.45) is 0 Å². The molecule has 2 aromatic heterocycles. The van der Waals surface area contributed by atoms with Gasteiger partial charge in [-0.15, -0.1) is 11.3 Å². The van der Waals surface area contributed by atoms with Crippen molar-refractivity contribution in [1.29, 1.82) is 0 Å². The second-order valence-electron chi connectivity index (χ2n) is 5.43. The summed E-state index contributed by atoms with van der Waals surface area (Å²) < 4.78 is 33.0. The van der Waals surface area contributed by atoms with Crippen LogP contribution in [0.3, 0.4) is 0 Å². The highest BCUT2D eigenvalue weighted by Gasteiger charge is 2.26. The Kier molecular flexibility index (Phi) is 5.18. The maximum Gasteiger partial charge on any atom is 0.243 e. The third-order valence-electron chi connectivity index (χ3n) is 3.79. The van der Waals surface area contributed by atoms with Crippen LogP contribution < -0.4 is 0 Å². The van der Waals surface area contributed by atoms with Crippen molar-refractivity contribution in [3.8, 4) is 0 Å². The first-order valence-corrected chi connectivity index (χ1v) is 10.1. The monoisotopic (exact) mass is 361 g/mol. The van der Waals surface area contributed by atoms with Gasteiger partial charge in [0.05, 0.1) is 17.7 Å². The molecule has 6 heteroatoms. The van der Waals surface area contributed by atoms with Gasteiger partial charge in [-0.1, -0.05) is 25.1 Å². The average Bonchev–Trinajstić information content (AvgIpc) is 3.28. The van der Waals surface area contributed by atoms with E-state index in [-0.39, 0.29) is 6.54 Å². The molecule has 24 heavy (non-hydrogen) atoms. The number of benzene rings is 1. The summed E-state index contributed by atoms with van der Waals surface area (Å²) in [4.78, 5) is 1.30. The molecule has 1 aromatic carbocycles. The van der Waals surface area contributed by atoms with Gasteiger partial charge in [-0.05, 0) is 47.7 Å². The fourth-order valence-electron chi connectivity index (χ4n) is 2.42. The van der Waals surface area contributed by atoms with Crippen LogP contribution in [-0.2, 0) is 29.5 Å². The number of rotatable bonds is 7. The third-order valence-corrected chi connectivity index (χ3v) is 6.46. The van der Waals surface area contributed by atoms with Gasteiger partial charge in [0.1, 0.15) is 5.76 Å². The topological polar surface area (TPSA) is 50.5 Å². The Bertz CT molecular complexity index is 815. The van der Waals surface area contributed by atoms with Crippen molar-refractivity contribution in [2.75, 3.05) is 0 Å². The predicted molar refractivity (Wildman–Crippen MR) is 95.3 cm³/mol. The smallest absolute Gasteiger partial charge is 0.243 e. The predicted octanol–water partition coefficient (Wildman–Crippen LogP) is 4.29. The van der Waals surface area contributed by atoms with Crippen LogP contribution in [0.25, 0.3) is 0 Å². The molecule has 0 N–H and O–H groups in total. The highest BCUT2D eigenvalue weighted by Crippen LogP contribution is 2.23. The summed E-state index contributed by atoms with van der Waals surface area (Å²) in [6, 6.07) is 14.5. The second-order valence-corrected chi connectivity index (χ2v) is 8.40. The minimum Gasteiger partial charge on any atom is -0.468 e.